The molecule has 1 heterocycles. The molecule has 9 nitrogen and oxygen atoms in total. The molecule has 3 aromatic carbocycles. The number of aromatic carboxylic acids is 1. The van der Waals surface area contributed by atoms with Gasteiger partial charge >= 0.3 is 0 Å². The number of hydrogen-bond acceptors (Lipinski definition) is 7. The summed E-state index contributed by atoms with van der Waals surface area (Å²) in [4.78, 5) is 36.2. The maximum Gasteiger partial charge on any atom is 0.280 e. The van der Waals surface area contributed by atoms with Crippen LogP contribution in [0.15, 0.2) is 83.5 Å². The van der Waals surface area contributed by atoms with Crippen LogP contribution in [0.1, 0.15) is 28.4 Å². The maximum absolute atomic E-state index is 13.0. The lowest BCUT2D eigenvalue weighted by molar-refractivity contribution is -0.255. The summed E-state index contributed by atoms with van der Waals surface area (Å²) in [7, 11) is 1.49. The highest BCUT2D eigenvalue weighted by Gasteiger charge is 2.28. The molecule has 0 atom stereocenters. The zero-order valence-corrected chi connectivity index (χ0v) is 20.3. The predicted molar refractivity (Wildman–Crippen MR) is 136 cm³/mol. The number of methoxy groups -OCH3 is 1. The number of ether oxygens (including phenoxy) is 2. The van der Waals surface area contributed by atoms with E-state index in [1.165, 1.54) is 36.4 Å². The van der Waals surface area contributed by atoms with Crippen LogP contribution in [0.25, 0.3) is 6.08 Å². The van der Waals surface area contributed by atoms with Gasteiger partial charge in [-0.25, -0.2) is 0 Å². The van der Waals surface area contributed by atoms with Crippen molar-refractivity contribution in [3.63, 3.8) is 0 Å². The molecular weight excluding hydrogens is 474 g/mol. The van der Waals surface area contributed by atoms with Gasteiger partial charge < -0.3 is 24.7 Å². The van der Waals surface area contributed by atoms with Gasteiger partial charge in [0.05, 0.1) is 30.1 Å². The fraction of sp³-hybridized carbons (Fsp3) is 0.143. The first-order chi connectivity index (χ1) is 17.9. The predicted octanol–water partition coefficient (Wildman–Crippen LogP) is 2.56. The molecule has 2 amide bonds. The Kier molecular flexibility index (Phi) is 7.63. The lowest BCUT2D eigenvalue weighted by Gasteiger charge is -2.13. The molecule has 37 heavy (non-hydrogen) atoms. The molecule has 0 aliphatic carbocycles. The van der Waals surface area contributed by atoms with E-state index in [9.17, 15) is 19.5 Å². The Morgan fingerprint density at radius 3 is 2.43 bits per heavy atom. The van der Waals surface area contributed by atoms with Crippen molar-refractivity contribution in [2.24, 2.45) is 5.10 Å². The van der Waals surface area contributed by atoms with Crippen LogP contribution >= 0.6 is 0 Å². The topological polar surface area (TPSA) is 120 Å². The van der Waals surface area contributed by atoms with Crippen LogP contribution in [0.2, 0.25) is 0 Å². The number of hydrazone groups is 1. The van der Waals surface area contributed by atoms with Crippen molar-refractivity contribution in [3.8, 4) is 11.5 Å². The van der Waals surface area contributed by atoms with Gasteiger partial charge in [-0.05, 0) is 54.0 Å². The van der Waals surface area contributed by atoms with Crippen LogP contribution in [0.3, 0.4) is 0 Å². The minimum atomic E-state index is -1.30. The van der Waals surface area contributed by atoms with Crippen molar-refractivity contribution in [2.45, 2.75) is 13.5 Å². The summed E-state index contributed by atoms with van der Waals surface area (Å²) in [6, 6.07) is 20.4. The summed E-state index contributed by atoms with van der Waals surface area (Å²) in [5.74, 6) is -1.13. The van der Waals surface area contributed by atoms with E-state index < -0.39 is 5.97 Å². The van der Waals surface area contributed by atoms with Crippen LogP contribution in [0.4, 0.5) is 5.69 Å². The van der Waals surface area contributed by atoms with E-state index >= 15 is 0 Å². The zero-order valence-electron chi connectivity index (χ0n) is 20.3. The number of anilines is 1. The Bertz CT molecular complexity index is 1380. The first-order valence-electron chi connectivity index (χ1n) is 11.4. The summed E-state index contributed by atoms with van der Waals surface area (Å²) in [6.45, 7) is 1.93. The van der Waals surface area contributed by atoms with E-state index in [2.05, 4.69) is 10.4 Å². The van der Waals surface area contributed by atoms with Crippen molar-refractivity contribution in [1.29, 1.82) is 0 Å². The van der Waals surface area contributed by atoms with E-state index in [-0.39, 0.29) is 24.0 Å². The number of carboxylic acids is 1. The van der Waals surface area contributed by atoms with Crippen LogP contribution < -0.4 is 24.9 Å². The van der Waals surface area contributed by atoms with E-state index in [0.29, 0.717) is 40.6 Å². The second-order valence-corrected chi connectivity index (χ2v) is 8.16. The molecule has 4 rings (SSSR count). The number of rotatable bonds is 9. The molecule has 0 radical (unpaired) electrons. The second kappa shape index (κ2) is 11.2. The van der Waals surface area contributed by atoms with Gasteiger partial charge in [0.2, 0.25) is 0 Å². The Morgan fingerprint density at radius 2 is 1.76 bits per heavy atom. The highest BCUT2D eigenvalue weighted by molar-refractivity contribution is 6.32. The van der Waals surface area contributed by atoms with E-state index in [1.54, 1.807) is 31.2 Å². The molecule has 1 aliphatic rings. The summed E-state index contributed by atoms with van der Waals surface area (Å²) in [5, 5.41) is 19.3. The number of nitrogens with one attached hydrogen (secondary N) is 1. The average Bonchev–Trinajstić information content (AvgIpc) is 3.20. The number of amides is 2. The Balaban J connectivity index is 1.42. The molecule has 0 aromatic heterocycles. The SMILES string of the molecule is COc1cc(/C=C2\C(=O)N(c3ccc(C(=O)[O-])cc3)N=C2C)ccc1OCC(=O)NCc1ccccc1. The minimum absolute atomic E-state index is 0.00921. The third-order valence-corrected chi connectivity index (χ3v) is 5.60. The van der Waals surface area contributed by atoms with Gasteiger partial charge in [0.1, 0.15) is 0 Å². The first kappa shape index (κ1) is 25.2. The molecule has 0 saturated carbocycles. The fourth-order valence-corrected chi connectivity index (χ4v) is 3.65. The second-order valence-electron chi connectivity index (χ2n) is 8.16. The molecule has 0 unspecified atom stereocenters. The van der Waals surface area contributed by atoms with Crippen LogP contribution in [-0.4, -0.2) is 37.2 Å². The monoisotopic (exact) mass is 498 g/mol. The number of hydrogen-bond donors (Lipinski definition) is 1. The quantitative estimate of drug-likeness (QED) is 0.453. The molecule has 0 fully saturated rings. The molecule has 1 aliphatic heterocycles. The number of nitrogens with zero attached hydrogens (tertiary/aromatic N) is 2. The van der Waals surface area contributed by atoms with Crippen molar-refractivity contribution in [2.75, 3.05) is 18.7 Å². The molecule has 3 aromatic rings. The van der Waals surface area contributed by atoms with E-state index in [4.69, 9.17) is 9.47 Å². The molecular formula is C28H24N3O6-. The highest BCUT2D eigenvalue weighted by atomic mass is 16.5. The van der Waals surface area contributed by atoms with Gasteiger partial charge in [-0.15, -0.1) is 0 Å². The standard InChI is InChI=1S/C28H25N3O6/c1-18-23(27(33)31(30-18)22-11-9-21(10-12-22)28(34)35)14-20-8-13-24(25(15-20)36-2)37-17-26(32)29-16-19-6-4-3-5-7-19/h3-15H,16-17H2,1-2H3,(H,29,32)(H,34,35)/p-1/b23-14-. The smallest absolute Gasteiger partial charge is 0.280 e. The Morgan fingerprint density at radius 1 is 1.03 bits per heavy atom. The average molecular weight is 499 g/mol. The maximum atomic E-state index is 13.0. The largest absolute Gasteiger partial charge is 0.545 e. The lowest BCUT2D eigenvalue weighted by atomic mass is 10.1. The van der Waals surface area contributed by atoms with Gasteiger partial charge in [-0.3, -0.25) is 9.59 Å². The summed E-state index contributed by atoms with van der Waals surface area (Å²) >= 11 is 0. The molecule has 9 heteroatoms. The van der Waals surface area contributed by atoms with Gasteiger partial charge in [0.25, 0.3) is 11.8 Å². The fourth-order valence-electron chi connectivity index (χ4n) is 3.65. The summed E-state index contributed by atoms with van der Waals surface area (Å²) < 4.78 is 11.1. The zero-order chi connectivity index (χ0) is 26.4. The normalized spacial score (nSPS) is 13.9. The molecule has 0 bridgehead atoms. The van der Waals surface area contributed by atoms with Gasteiger partial charge in [-0.1, -0.05) is 48.5 Å². The number of benzene rings is 3. The third-order valence-electron chi connectivity index (χ3n) is 5.60. The third kappa shape index (κ3) is 6.02. The van der Waals surface area contributed by atoms with Crippen molar-refractivity contribution in [1.82, 2.24) is 5.32 Å². The Hall–Kier alpha value is -4.92. The van der Waals surface area contributed by atoms with E-state index in [0.717, 1.165) is 5.56 Å². The summed E-state index contributed by atoms with van der Waals surface area (Å²) in [5.41, 5.74) is 2.98. The molecule has 188 valence electrons. The van der Waals surface area contributed by atoms with Gasteiger partial charge in [-0.2, -0.15) is 10.1 Å². The Labute approximate surface area is 213 Å². The molecule has 0 saturated heterocycles. The van der Waals surface area contributed by atoms with Crippen LogP contribution in [0, 0.1) is 0 Å². The molecule has 0 spiro atoms. The van der Waals surface area contributed by atoms with Gasteiger partial charge in [0, 0.05) is 6.54 Å². The first-order valence-corrected chi connectivity index (χ1v) is 11.4. The van der Waals surface area contributed by atoms with Gasteiger partial charge in [0.15, 0.2) is 18.1 Å². The summed E-state index contributed by atoms with van der Waals surface area (Å²) in [6.07, 6.45) is 1.68. The van der Waals surface area contributed by atoms with Crippen molar-refractivity contribution in [3.05, 3.63) is 95.1 Å². The van der Waals surface area contributed by atoms with Crippen LogP contribution in [-0.2, 0) is 16.1 Å². The minimum Gasteiger partial charge on any atom is -0.545 e. The number of carbonyl (C=O) groups excluding carboxylic acids is 3. The number of carbonyl (C=O) groups is 3. The number of carboxylic acid groups (broad SMARTS) is 1. The van der Waals surface area contributed by atoms with Crippen molar-refractivity contribution < 1.29 is 29.0 Å². The van der Waals surface area contributed by atoms with E-state index in [1.807, 2.05) is 30.3 Å². The van der Waals surface area contributed by atoms with Crippen LogP contribution in [0.5, 0.6) is 11.5 Å². The van der Waals surface area contributed by atoms with Crippen molar-refractivity contribution >= 4 is 35.3 Å². The lowest BCUT2D eigenvalue weighted by Crippen LogP contribution is -2.28. The molecule has 1 N–H and O–H groups in total. The highest BCUT2D eigenvalue weighted by Crippen LogP contribution is 2.30.